The molecule has 0 aliphatic carbocycles. The van der Waals surface area contributed by atoms with Gasteiger partial charge in [-0.3, -0.25) is 10.1 Å². The van der Waals surface area contributed by atoms with Crippen LogP contribution in [0.1, 0.15) is 18.1 Å². The van der Waals surface area contributed by atoms with Crippen molar-refractivity contribution in [2.45, 2.75) is 19.6 Å². The van der Waals surface area contributed by atoms with Gasteiger partial charge in [0.15, 0.2) is 0 Å². The average Bonchev–Trinajstić information content (AvgIpc) is 3.50. The predicted octanol–water partition coefficient (Wildman–Crippen LogP) is 4.85. The van der Waals surface area contributed by atoms with Crippen LogP contribution < -0.4 is 5.32 Å². The zero-order valence-corrected chi connectivity index (χ0v) is 18.3. The molecular weight excluding hydrogens is 440 g/mol. The van der Waals surface area contributed by atoms with Crippen molar-refractivity contribution >= 4 is 61.5 Å². The summed E-state index contributed by atoms with van der Waals surface area (Å²) in [5.41, 5.74) is 4.34. The van der Waals surface area contributed by atoms with E-state index in [4.69, 9.17) is 16.6 Å². The lowest BCUT2D eigenvalue weighted by Gasteiger charge is -2.06. The number of hydrogen-bond acceptors (Lipinski definition) is 8. The Morgan fingerprint density at radius 3 is 2.90 bits per heavy atom. The predicted molar refractivity (Wildman–Crippen MR) is 124 cm³/mol. The van der Waals surface area contributed by atoms with Gasteiger partial charge in [0.1, 0.15) is 5.01 Å². The van der Waals surface area contributed by atoms with E-state index in [0.717, 1.165) is 49.1 Å². The smallest absolute Gasteiger partial charge is 0.210 e. The summed E-state index contributed by atoms with van der Waals surface area (Å²) in [5.74, 6) is 0.975. The van der Waals surface area contributed by atoms with Crippen LogP contribution in [0.4, 0.5) is 10.8 Å². The van der Waals surface area contributed by atoms with Gasteiger partial charge in [-0.05, 0) is 42.8 Å². The van der Waals surface area contributed by atoms with Crippen molar-refractivity contribution in [2.24, 2.45) is 4.99 Å². The molecule has 152 valence electrons. The highest BCUT2D eigenvalue weighted by Gasteiger charge is 2.18. The van der Waals surface area contributed by atoms with Gasteiger partial charge in [-0.1, -0.05) is 22.9 Å². The Balaban J connectivity index is 1.46. The van der Waals surface area contributed by atoms with Gasteiger partial charge in [-0.25, -0.2) is 0 Å². The summed E-state index contributed by atoms with van der Waals surface area (Å²) in [6, 6.07) is 10.1. The third kappa shape index (κ3) is 3.69. The van der Waals surface area contributed by atoms with Crippen LogP contribution in [0.2, 0.25) is 5.02 Å². The molecular formula is C20H17ClN6OS2. The average molecular weight is 457 g/mol. The van der Waals surface area contributed by atoms with Crippen LogP contribution in [-0.4, -0.2) is 42.3 Å². The maximum atomic E-state index is 9.71. The molecule has 2 aromatic carbocycles. The molecule has 7 nitrogen and oxygen atoms in total. The number of thioether (sulfide) groups is 1. The molecule has 0 spiro atoms. The third-order valence-electron chi connectivity index (χ3n) is 4.69. The first-order valence-corrected chi connectivity index (χ1v) is 11.5. The highest BCUT2D eigenvalue weighted by Crippen LogP contribution is 2.35. The molecule has 4 aromatic rings. The van der Waals surface area contributed by atoms with Gasteiger partial charge in [0.05, 0.1) is 40.1 Å². The summed E-state index contributed by atoms with van der Waals surface area (Å²) in [6.45, 7) is 2.06. The summed E-state index contributed by atoms with van der Waals surface area (Å²) >= 11 is 9.65. The molecule has 0 fully saturated rings. The Morgan fingerprint density at radius 2 is 2.10 bits per heavy atom. The minimum atomic E-state index is -0.0431. The van der Waals surface area contributed by atoms with Gasteiger partial charge in [-0.15, -0.1) is 22.0 Å². The van der Waals surface area contributed by atoms with E-state index in [-0.39, 0.29) is 6.61 Å². The van der Waals surface area contributed by atoms with Crippen LogP contribution in [0.3, 0.4) is 0 Å². The summed E-state index contributed by atoms with van der Waals surface area (Å²) < 4.78 is 0. The van der Waals surface area contributed by atoms with E-state index in [0.29, 0.717) is 16.2 Å². The van der Waals surface area contributed by atoms with Crippen molar-refractivity contribution in [3.8, 4) is 10.6 Å². The van der Waals surface area contributed by atoms with Crippen LogP contribution in [0.15, 0.2) is 41.5 Å². The molecule has 0 radical (unpaired) electrons. The standard InChI is InChI=1S/C20H17ClN6OS2/c1-10-9-29-18(23-10)12-4-11(8-28)5-13(6-12)19-26-27-20(30-19)24-16-3-2-15-14(17(16)21)7-22-25-15/h2-7,10,28H,8-9H2,1H3,(H,22,25)(H,24,27). The van der Waals surface area contributed by atoms with Gasteiger partial charge in [0.25, 0.3) is 0 Å². The number of aliphatic hydroxyl groups is 1. The normalized spacial score (nSPS) is 16.2. The number of aliphatic imine (C=N–C) groups is 1. The Kier molecular flexibility index (Phi) is 5.20. The molecule has 30 heavy (non-hydrogen) atoms. The highest BCUT2D eigenvalue weighted by atomic mass is 35.5. The Bertz CT molecular complexity index is 1270. The monoisotopic (exact) mass is 456 g/mol. The number of H-pyrrole nitrogens is 1. The van der Waals surface area contributed by atoms with Crippen molar-refractivity contribution in [1.29, 1.82) is 0 Å². The lowest BCUT2D eigenvalue weighted by atomic mass is 10.1. The van der Waals surface area contributed by atoms with Crippen molar-refractivity contribution < 1.29 is 5.11 Å². The molecule has 3 N–H and O–H groups in total. The van der Waals surface area contributed by atoms with Crippen LogP contribution in [0.25, 0.3) is 21.5 Å². The third-order valence-corrected chi connectivity index (χ3v) is 7.25. The molecule has 1 unspecified atom stereocenters. The van der Waals surface area contributed by atoms with E-state index in [1.165, 1.54) is 11.3 Å². The molecule has 1 atom stereocenters. The van der Waals surface area contributed by atoms with Gasteiger partial charge >= 0.3 is 0 Å². The largest absolute Gasteiger partial charge is 0.392 e. The van der Waals surface area contributed by atoms with Crippen LogP contribution in [0, 0.1) is 0 Å². The summed E-state index contributed by atoms with van der Waals surface area (Å²) in [5, 5.41) is 32.3. The van der Waals surface area contributed by atoms with Gasteiger partial charge in [-0.2, -0.15) is 5.10 Å². The number of benzene rings is 2. The molecule has 0 saturated carbocycles. The van der Waals surface area contributed by atoms with Crippen molar-refractivity contribution in [3.63, 3.8) is 0 Å². The lowest BCUT2D eigenvalue weighted by Crippen LogP contribution is -1.96. The number of fused-ring (bicyclic) bond motifs is 1. The molecule has 0 bridgehead atoms. The van der Waals surface area contributed by atoms with E-state index in [2.05, 4.69) is 38.7 Å². The summed E-state index contributed by atoms with van der Waals surface area (Å²) in [4.78, 5) is 4.69. The summed E-state index contributed by atoms with van der Waals surface area (Å²) in [7, 11) is 0. The first-order chi connectivity index (χ1) is 14.6. The molecule has 0 amide bonds. The quantitative estimate of drug-likeness (QED) is 0.397. The number of halogens is 1. The molecule has 1 aliphatic rings. The Morgan fingerprint density at radius 1 is 1.23 bits per heavy atom. The van der Waals surface area contributed by atoms with E-state index >= 15 is 0 Å². The number of aromatic amines is 1. The number of anilines is 2. The van der Waals surface area contributed by atoms with Crippen molar-refractivity contribution in [1.82, 2.24) is 20.4 Å². The van der Waals surface area contributed by atoms with E-state index < -0.39 is 0 Å². The number of hydrogen-bond donors (Lipinski definition) is 3. The zero-order chi connectivity index (χ0) is 20.7. The fourth-order valence-electron chi connectivity index (χ4n) is 3.25. The number of aliphatic hydroxyl groups excluding tert-OH is 1. The van der Waals surface area contributed by atoms with E-state index in [1.807, 2.05) is 24.3 Å². The van der Waals surface area contributed by atoms with E-state index in [9.17, 15) is 5.11 Å². The summed E-state index contributed by atoms with van der Waals surface area (Å²) in [6.07, 6.45) is 1.70. The van der Waals surface area contributed by atoms with Crippen LogP contribution in [-0.2, 0) is 6.61 Å². The van der Waals surface area contributed by atoms with Crippen LogP contribution >= 0.6 is 34.7 Å². The Labute approximate surface area is 185 Å². The topological polar surface area (TPSA) is 99.1 Å². The molecule has 0 saturated heterocycles. The first-order valence-electron chi connectivity index (χ1n) is 9.29. The molecule has 10 heteroatoms. The maximum absolute atomic E-state index is 9.71. The van der Waals surface area contributed by atoms with E-state index in [1.54, 1.807) is 18.0 Å². The number of rotatable bonds is 5. The van der Waals surface area contributed by atoms with Crippen molar-refractivity contribution in [3.05, 3.63) is 52.7 Å². The Hall–Kier alpha value is -2.46. The molecule has 2 aromatic heterocycles. The van der Waals surface area contributed by atoms with Gasteiger partial charge < -0.3 is 10.4 Å². The molecule has 5 rings (SSSR count). The molecule has 3 heterocycles. The maximum Gasteiger partial charge on any atom is 0.210 e. The molecule has 1 aliphatic heterocycles. The van der Waals surface area contributed by atoms with Crippen LogP contribution in [0.5, 0.6) is 0 Å². The highest BCUT2D eigenvalue weighted by molar-refractivity contribution is 8.14. The minimum absolute atomic E-state index is 0.0431. The number of nitrogens with zero attached hydrogens (tertiary/aromatic N) is 4. The van der Waals surface area contributed by atoms with Crippen molar-refractivity contribution in [2.75, 3.05) is 11.1 Å². The first kappa shape index (κ1) is 19.5. The second kappa shape index (κ2) is 7.99. The number of aromatic nitrogens is 4. The van der Waals surface area contributed by atoms with Gasteiger partial charge in [0, 0.05) is 22.3 Å². The zero-order valence-electron chi connectivity index (χ0n) is 15.9. The fraction of sp³-hybridized carbons (Fsp3) is 0.200. The minimum Gasteiger partial charge on any atom is -0.392 e. The SMILES string of the molecule is CC1CSC(c2cc(CO)cc(-c3nnc(Nc4ccc5[nH]ncc5c4Cl)s3)c2)=N1. The second-order valence-electron chi connectivity index (χ2n) is 6.97. The number of nitrogens with one attached hydrogen (secondary N) is 2. The fourth-order valence-corrected chi connectivity index (χ4v) is 5.26. The van der Waals surface area contributed by atoms with Gasteiger partial charge in [0.2, 0.25) is 5.13 Å². The second-order valence-corrected chi connectivity index (χ2v) is 9.33. The lowest BCUT2D eigenvalue weighted by molar-refractivity contribution is 0.282.